The smallest absolute Gasteiger partial charge is 0.416 e. The van der Waals surface area contributed by atoms with Gasteiger partial charge < -0.3 is 14.6 Å². The predicted molar refractivity (Wildman–Crippen MR) is 112 cm³/mol. The molecule has 1 N–H and O–H groups in total. The molecule has 1 fully saturated rings. The third-order valence-electron chi connectivity index (χ3n) is 5.50. The molecule has 0 bridgehead atoms. The van der Waals surface area contributed by atoms with E-state index in [9.17, 15) is 22.4 Å². The van der Waals surface area contributed by atoms with Gasteiger partial charge in [0.25, 0.3) is 0 Å². The average molecular weight is 447 g/mol. The number of alkyl halides is 3. The highest BCUT2D eigenvalue weighted by atomic mass is 19.4. The van der Waals surface area contributed by atoms with E-state index in [0.29, 0.717) is 5.56 Å². The van der Waals surface area contributed by atoms with E-state index in [1.807, 2.05) is 0 Å². The first kappa shape index (κ1) is 21.9. The maximum Gasteiger partial charge on any atom is 0.416 e. The van der Waals surface area contributed by atoms with Crippen LogP contribution in [-0.4, -0.2) is 16.7 Å². The Morgan fingerprint density at radius 3 is 2.62 bits per heavy atom. The number of aromatic nitrogens is 2. The van der Waals surface area contributed by atoms with Crippen molar-refractivity contribution in [3.05, 3.63) is 81.0 Å². The van der Waals surface area contributed by atoms with Gasteiger partial charge in [-0.15, -0.1) is 0 Å². The molecule has 0 saturated heterocycles. The van der Waals surface area contributed by atoms with Crippen LogP contribution in [0.15, 0.2) is 47.4 Å². The maximum absolute atomic E-state index is 14.1. The van der Waals surface area contributed by atoms with Gasteiger partial charge in [0.1, 0.15) is 5.82 Å². The Bertz CT molecular complexity index is 1220. The number of ether oxygens (including phenoxy) is 1. The summed E-state index contributed by atoms with van der Waals surface area (Å²) in [5.74, 6) is -0.0110. The van der Waals surface area contributed by atoms with Crippen molar-refractivity contribution in [3.8, 4) is 5.75 Å². The second-order valence-electron chi connectivity index (χ2n) is 7.80. The maximum atomic E-state index is 14.1. The van der Waals surface area contributed by atoms with E-state index in [-0.39, 0.29) is 41.2 Å². The van der Waals surface area contributed by atoms with Crippen molar-refractivity contribution in [1.29, 1.82) is 0 Å². The monoisotopic (exact) mass is 447 g/mol. The van der Waals surface area contributed by atoms with Crippen LogP contribution in [0.3, 0.4) is 0 Å². The number of hydrogen-bond acceptors (Lipinski definition) is 4. The molecule has 1 aliphatic carbocycles. The number of hydrogen-bond donors (Lipinski definition) is 1. The van der Waals surface area contributed by atoms with Crippen molar-refractivity contribution in [1.82, 2.24) is 9.55 Å². The first-order valence-electron chi connectivity index (χ1n) is 10.0. The molecule has 32 heavy (non-hydrogen) atoms. The van der Waals surface area contributed by atoms with Crippen LogP contribution in [-0.2, 0) is 12.7 Å². The zero-order chi connectivity index (χ0) is 23.0. The molecule has 3 aromatic rings. The van der Waals surface area contributed by atoms with Gasteiger partial charge in [0.2, 0.25) is 11.7 Å². The van der Waals surface area contributed by atoms with Crippen LogP contribution in [0.2, 0.25) is 0 Å². The minimum Gasteiger partial charge on any atom is -0.490 e. The highest BCUT2D eigenvalue weighted by molar-refractivity contribution is 5.61. The molecule has 0 atom stereocenters. The van der Waals surface area contributed by atoms with Crippen LogP contribution in [0.4, 0.5) is 29.2 Å². The number of nitrogens with zero attached hydrogens (tertiary/aromatic N) is 2. The lowest BCUT2D eigenvalue weighted by Gasteiger charge is -2.18. The molecule has 0 amide bonds. The number of anilines is 2. The fourth-order valence-corrected chi connectivity index (χ4v) is 3.63. The molecule has 5 nitrogen and oxygen atoms in total. The summed E-state index contributed by atoms with van der Waals surface area (Å²) in [4.78, 5) is 16.2. The van der Waals surface area contributed by atoms with E-state index in [0.717, 1.165) is 24.5 Å². The quantitative estimate of drug-likeness (QED) is 0.515. The van der Waals surface area contributed by atoms with Crippen LogP contribution in [0.5, 0.6) is 5.75 Å². The third kappa shape index (κ3) is 4.46. The molecule has 1 heterocycles. The van der Waals surface area contributed by atoms with Crippen molar-refractivity contribution in [2.24, 2.45) is 0 Å². The van der Waals surface area contributed by atoms with Crippen LogP contribution in [0, 0.1) is 12.7 Å². The zero-order valence-electron chi connectivity index (χ0n) is 17.5. The molecule has 1 saturated carbocycles. The summed E-state index contributed by atoms with van der Waals surface area (Å²) in [6.07, 6.45) is -1.20. The predicted octanol–water partition coefficient (Wildman–Crippen LogP) is 5.39. The molecule has 0 aliphatic heterocycles. The summed E-state index contributed by atoms with van der Waals surface area (Å²) in [5.41, 5.74) is 0.125. The van der Waals surface area contributed by atoms with Crippen LogP contribution >= 0.6 is 0 Å². The molecule has 9 heteroatoms. The van der Waals surface area contributed by atoms with Crippen molar-refractivity contribution in [2.75, 3.05) is 12.4 Å². The molecule has 4 rings (SSSR count). The molecular formula is C23H21F4N3O2. The Hall–Kier alpha value is -3.36. The van der Waals surface area contributed by atoms with Crippen LogP contribution in [0.25, 0.3) is 0 Å². The summed E-state index contributed by atoms with van der Waals surface area (Å²) < 4.78 is 60.6. The van der Waals surface area contributed by atoms with Crippen LogP contribution in [0.1, 0.15) is 41.0 Å². The topological polar surface area (TPSA) is 56.1 Å². The highest BCUT2D eigenvalue weighted by Crippen LogP contribution is 2.41. The molecule has 0 unspecified atom stereocenters. The van der Waals surface area contributed by atoms with E-state index in [1.165, 1.54) is 38.4 Å². The Labute approximate surface area is 181 Å². The third-order valence-corrected chi connectivity index (χ3v) is 5.50. The summed E-state index contributed by atoms with van der Waals surface area (Å²) >= 11 is 0. The van der Waals surface area contributed by atoms with E-state index in [1.54, 1.807) is 16.7 Å². The summed E-state index contributed by atoms with van der Waals surface area (Å²) in [6, 6.07) is 8.57. The molecular weight excluding hydrogens is 426 g/mol. The lowest BCUT2D eigenvalue weighted by molar-refractivity contribution is -0.138. The lowest BCUT2D eigenvalue weighted by atomic mass is 10.1. The number of rotatable bonds is 6. The van der Waals surface area contributed by atoms with Gasteiger partial charge in [0, 0.05) is 5.69 Å². The molecule has 0 radical (unpaired) electrons. The lowest BCUT2D eigenvalue weighted by Crippen LogP contribution is -2.19. The number of benzene rings is 2. The average Bonchev–Trinajstić information content (AvgIpc) is 3.57. The highest BCUT2D eigenvalue weighted by Gasteiger charge is 2.33. The number of halogens is 4. The molecule has 2 aromatic carbocycles. The fraction of sp³-hybridized carbons (Fsp3) is 0.304. The van der Waals surface area contributed by atoms with Gasteiger partial charge in [-0.1, -0.05) is 18.2 Å². The summed E-state index contributed by atoms with van der Waals surface area (Å²) in [7, 11) is 1.33. The second kappa shape index (κ2) is 8.29. The molecule has 1 aliphatic rings. The SMILES string of the molecule is COc1cn(Cc2ccc(F)c(C3CC3)c2)c(Nc2cccc(C(F)(F)F)c2C)nc1=O. The summed E-state index contributed by atoms with van der Waals surface area (Å²) in [6.45, 7) is 1.56. The Kier molecular flexibility index (Phi) is 5.66. The van der Waals surface area contributed by atoms with Gasteiger partial charge in [-0.05, 0) is 60.6 Å². The van der Waals surface area contributed by atoms with E-state index >= 15 is 0 Å². The van der Waals surface area contributed by atoms with Crippen LogP contribution < -0.4 is 15.6 Å². The molecule has 0 spiro atoms. The van der Waals surface area contributed by atoms with Crippen molar-refractivity contribution >= 4 is 11.6 Å². The van der Waals surface area contributed by atoms with Gasteiger partial charge in [-0.2, -0.15) is 18.2 Å². The fourth-order valence-electron chi connectivity index (χ4n) is 3.63. The van der Waals surface area contributed by atoms with E-state index in [4.69, 9.17) is 4.74 Å². The Morgan fingerprint density at radius 2 is 1.97 bits per heavy atom. The van der Waals surface area contributed by atoms with Gasteiger partial charge in [-0.25, -0.2) is 4.39 Å². The Balaban J connectivity index is 1.73. The largest absolute Gasteiger partial charge is 0.490 e. The van der Waals surface area contributed by atoms with E-state index in [2.05, 4.69) is 10.3 Å². The van der Waals surface area contributed by atoms with Crippen molar-refractivity contribution in [3.63, 3.8) is 0 Å². The Morgan fingerprint density at radius 1 is 1.22 bits per heavy atom. The first-order chi connectivity index (χ1) is 15.2. The zero-order valence-corrected chi connectivity index (χ0v) is 17.5. The normalized spacial score (nSPS) is 13.8. The van der Waals surface area contributed by atoms with Gasteiger partial charge in [-0.3, -0.25) is 4.79 Å². The number of methoxy groups -OCH3 is 1. The van der Waals surface area contributed by atoms with E-state index < -0.39 is 17.3 Å². The molecule has 1 aromatic heterocycles. The summed E-state index contributed by atoms with van der Waals surface area (Å²) in [5, 5.41) is 2.85. The first-order valence-corrected chi connectivity index (χ1v) is 10.0. The minimum absolute atomic E-state index is 0.0131. The van der Waals surface area contributed by atoms with Crippen molar-refractivity contribution in [2.45, 2.75) is 38.4 Å². The van der Waals surface area contributed by atoms with Gasteiger partial charge in [0.05, 0.1) is 25.4 Å². The second-order valence-corrected chi connectivity index (χ2v) is 7.80. The van der Waals surface area contributed by atoms with Gasteiger partial charge >= 0.3 is 11.7 Å². The molecule has 168 valence electrons. The standard InChI is InChI=1S/C23H21F4N3O2/c1-13-17(23(25,26)27)4-3-5-19(13)28-22-29-21(31)20(32-2)12-30(22)11-14-6-9-18(24)16(10-14)15-7-8-15/h3-6,9-10,12,15H,7-8,11H2,1-2H3,(H,28,29,31). The van der Waals surface area contributed by atoms with Crippen molar-refractivity contribution < 1.29 is 22.3 Å². The van der Waals surface area contributed by atoms with Gasteiger partial charge in [0.15, 0.2) is 0 Å². The number of nitrogens with one attached hydrogen (secondary N) is 1. The minimum atomic E-state index is -4.51.